The van der Waals surface area contributed by atoms with Crippen molar-refractivity contribution in [1.82, 2.24) is 5.32 Å². The fourth-order valence-corrected chi connectivity index (χ4v) is 3.72. The van der Waals surface area contributed by atoms with Gasteiger partial charge in [0.15, 0.2) is 0 Å². The first-order chi connectivity index (χ1) is 14.6. The number of benzene rings is 3. The lowest BCUT2D eigenvalue weighted by molar-refractivity contribution is 0.242. The molecule has 3 nitrogen and oxygen atoms in total. The van der Waals surface area contributed by atoms with Gasteiger partial charge in [-0.15, -0.1) is 0 Å². The number of ether oxygens (including phenoxy) is 2. The van der Waals surface area contributed by atoms with Crippen molar-refractivity contribution in [2.24, 2.45) is 0 Å². The van der Waals surface area contributed by atoms with E-state index in [0.29, 0.717) is 5.92 Å². The van der Waals surface area contributed by atoms with E-state index in [2.05, 4.69) is 92.8 Å². The maximum atomic E-state index is 5.81. The maximum absolute atomic E-state index is 5.81. The molecule has 3 heteroatoms. The minimum absolute atomic E-state index is 0.185. The lowest BCUT2D eigenvalue weighted by Crippen LogP contribution is -2.21. The third-order valence-electron chi connectivity index (χ3n) is 5.36. The smallest absolute Gasteiger partial charge is 0.119 e. The van der Waals surface area contributed by atoms with E-state index in [-0.39, 0.29) is 12.1 Å². The molecule has 3 rings (SSSR count). The van der Waals surface area contributed by atoms with Crippen LogP contribution in [0.1, 0.15) is 55.8 Å². The molecule has 30 heavy (non-hydrogen) atoms. The van der Waals surface area contributed by atoms with Gasteiger partial charge in [-0.25, -0.2) is 0 Å². The van der Waals surface area contributed by atoms with Crippen LogP contribution in [0.3, 0.4) is 0 Å². The van der Waals surface area contributed by atoms with Crippen LogP contribution in [0.15, 0.2) is 78.9 Å². The molecule has 0 aromatic heterocycles. The van der Waals surface area contributed by atoms with Gasteiger partial charge in [-0.2, -0.15) is 0 Å². The number of hydrogen-bond donors (Lipinski definition) is 1. The van der Waals surface area contributed by atoms with Crippen molar-refractivity contribution in [2.75, 3.05) is 13.7 Å². The highest BCUT2D eigenvalue weighted by Crippen LogP contribution is 2.29. The summed E-state index contributed by atoms with van der Waals surface area (Å²) in [5.41, 5.74) is 3.92. The van der Waals surface area contributed by atoms with Crippen molar-refractivity contribution in [1.29, 1.82) is 0 Å². The first-order valence-corrected chi connectivity index (χ1v) is 10.8. The van der Waals surface area contributed by atoms with E-state index in [1.165, 1.54) is 16.7 Å². The van der Waals surface area contributed by atoms with Crippen LogP contribution in [0.25, 0.3) is 0 Å². The van der Waals surface area contributed by atoms with Gasteiger partial charge in [0.1, 0.15) is 11.5 Å². The van der Waals surface area contributed by atoms with E-state index in [1.807, 2.05) is 12.1 Å². The molecule has 0 saturated carbocycles. The van der Waals surface area contributed by atoms with Crippen molar-refractivity contribution in [3.05, 3.63) is 95.6 Å². The summed E-state index contributed by atoms with van der Waals surface area (Å²) in [5.74, 6) is 2.15. The fraction of sp³-hybridized carbons (Fsp3) is 0.333. The summed E-state index contributed by atoms with van der Waals surface area (Å²) in [6, 6.07) is 27.9. The molecule has 3 aromatic carbocycles. The lowest BCUT2D eigenvalue weighted by Gasteiger charge is -2.21. The minimum Gasteiger partial charge on any atom is -0.497 e. The first-order valence-electron chi connectivity index (χ1n) is 10.8. The van der Waals surface area contributed by atoms with Crippen molar-refractivity contribution >= 4 is 0 Å². The summed E-state index contributed by atoms with van der Waals surface area (Å²) < 4.78 is 11.1. The third-order valence-corrected chi connectivity index (χ3v) is 5.36. The van der Waals surface area contributed by atoms with Crippen LogP contribution in [0.4, 0.5) is 0 Å². The second kappa shape index (κ2) is 10.8. The van der Waals surface area contributed by atoms with E-state index in [1.54, 1.807) is 7.11 Å². The van der Waals surface area contributed by atoms with Gasteiger partial charge >= 0.3 is 0 Å². The molecule has 0 spiro atoms. The van der Waals surface area contributed by atoms with Crippen LogP contribution in [0, 0.1) is 0 Å². The van der Waals surface area contributed by atoms with Crippen LogP contribution < -0.4 is 14.8 Å². The van der Waals surface area contributed by atoms with Gasteiger partial charge in [-0.3, -0.25) is 0 Å². The highest BCUT2D eigenvalue weighted by atomic mass is 16.5. The molecular weight excluding hydrogens is 370 g/mol. The highest BCUT2D eigenvalue weighted by Gasteiger charge is 2.15. The standard InChI is InChI=1S/C27H33NO2/c1-20(2)30-26-16-12-24(13-17-26)27(23-8-6-5-7-9-23)18-19-28-21(3)22-10-14-25(29-4)15-11-22/h5-17,20-21,27-28H,18-19H2,1-4H3. The Bertz CT molecular complexity index is 873. The van der Waals surface area contributed by atoms with Gasteiger partial charge in [0.25, 0.3) is 0 Å². The van der Waals surface area contributed by atoms with Crippen LogP contribution in [0.2, 0.25) is 0 Å². The second-order valence-electron chi connectivity index (χ2n) is 7.94. The Hall–Kier alpha value is -2.78. The van der Waals surface area contributed by atoms with Gasteiger partial charge in [-0.05, 0) is 74.7 Å². The predicted octanol–water partition coefficient (Wildman–Crippen LogP) is 6.36. The summed E-state index contributed by atoms with van der Waals surface area (Å²) in [4.78, 5) is 0. The maximum Gasteiger partial charge on any atom is 0.119 e. The van der Waals surface area contributed by atoms with Gasteiger partial charge in [-0.1, -0.05) is 54.6 Å². The Morgan fingerprint density at radius 1 is 0.700 bits per heavy atom. The van der Waals surface area contributed by atoms with E-state index >= 15 is 0 Å². The Labute approximate surface area is 181 Å². The number of methoxy groups -OCH3 is 1. The molecule has 0 bridgehead atoms. The largest absolute Gasteiger partial charge is 0.497 e. The lowest BCUT2D eigenvalue weighted by atomic mass is 9.88. The highest BCUT2D eigenvalue weighted by molar-refractivity contribution is 5.36. The SMILES string of the molecule is COc1ccc(C(C)NCCC(c2ccccc2)c2ccc(OC(C)C)cc2)cc1. The van der Waals surface area contributed by atoms with E-state index in [4.69, 9.17) is 9.47 Å². The Morgan fingerprint density at radius 2 is 1.27 bits per heavy atom. The summed E-state index contributed by atoms with van der Waals surface area (Å²) in [5, 5.41) is 3.68. The van der Waals surface area contributed by atoms with Crippen molar-refractivity contribution in [3.8, 4) is 11.5 Å². The van der Waals surface area contributed by atoms with E-state index < -0.39 is 0 Å². The van der Waals surface area contributed by atoms with Crippen molar-refractivity contribution < 1.29 is 9.47 Å². The first kappa shape index (κ1) is 21.9. The van der Waals surface area contributed by atoms with Crippen molar-refractivity contribution in [2.45, 2.75) is 45.3 Å². The predicted molar refractivity (Wildman–Crippen MR) is 125 cm³/mol. The summed E-state index contributed by atoms with van der Waals surface area (Å²) in [6.07, 6.45) is 1.21. The molecule has 158 valence electrons. The quantitative estimate of drug-likeness (QED) is 0.427. The average molecular weight is 404 g/mol. The van der Waals surface area contributed by atoms with Gasteiger partial charge in [0.05, 0.1) is 13.2 Å². The Balaban J connectivity index is 1.67. The molecule has 0 aliphatic carbocycles. The van der Waals surface area contributed by atoms with Crippen molar-refractivity contribution in [3.63, 3.8) is 0 Å². The zero-order chi connectivity index (χ0) is 21.3. The summed E-state index contributed by atoms with van der Waals surface area (Å²) in [6.45, 7) is 7.24. The average Bonchev–Trinajstić information content (AvgIpc) is 2.77. The molecule has 0 aliphatic heterocycles. The Morgan fingerprint density at radius 3 is 1.87 bits per heavy atom. The summed E-state index contributed by atoms with van der Waals surface area (Å²) >= 11 is 0. The van der Waals surface area contributed by atoms with E-state index in [0.717, 1.165) is 24.5 Å². The molecule has 0 radical (unpaired) electrons. The monoisotopic (exact) mass is 403 g/mol. The molecule has 1 N–H and O–H groups in total. The van der Waals surface area contributed by atoms with Crippen LogP contribution >= 0.6 is 0 Å². The van der Waals surface area contributed by atoms with Gasteiger partial charge in [0, 0.05) is 12.0 Å². The minimum atomic E-state index is 0.185. The van der Waals surface area contributed by atoms with Crippen LogP contribution in [0.5, 0.6) is 11.5 Å². The molecule has 0 saturated heterocycles. The number of rotatable bonds is 10. The molecule has 0 amide bonds. The molecule has 0 fully saturated rings. The molecule has 2 unspecified atom stereocenters. The molecule has 3 aromatic rings. The van der Waals surface area contributed by atoms with Crippen LogP contribution in [-0.2, 0) is 0 Å². The molecule has 2 atom stereocenters. The number of nitrogens with one attached hydrogen (secondary N) is 1. The normalized spacial score (nSPS) is 13.1. The van der Waals surface area contributed by atoms with Gasteiger partial charge < -0.3 is 14.8 Å². The zero-order valence-corrected chi connectivity index (χ0v) is 18.5. The molecule has 0 heterocycles. The van der Waals surface area contributed by atoms with E-state index in [9.17, 15) is 0 Å². The number of hydrogen-bond acceptors (Lipinski definition) is 3. The third kappa shape index (κ3) is 6.11. The zero-order valence-electron chi connectivity index (χ0n) is 18.5. The Kier molecular flexibility index (Phi) is 7.92. The van der Waals surface area contributed by atoms with Gasteiger partial charge in [0.2, 0.25) is 0 Å². The molecular formula is C27H33NO2. The second-order valence-corrected chi connectivity index (χ2v) is 7.94. The molecule has 0 aliphatic rings. The van der Waals surface area contributed by atoms with Crippen LogP contribution in [-0.4, -0.2) is 19.8 Å². The topological polar surface area (TPSA) is 30.5 Å². The summed E-state index contributed by atoms with van der Waals surface area (Å²) in [7, 11) is 1.70. The fourth-order valence-electron chi connectivity index (χ4n) is 3.72.